The zero-order chi connectivity index (χ0) is 21.5. The number of alkyl carbamates (subject to hydrolysis) is 1. The fourth-order valence-electron chi connectivity index (χ4n) is 3.70. The highest BCUT2D eigenvalue weighted by Gasteiger charge is 2.25. The average molecular weight is 425 g/mol. The van der Waals surface area contributed by atoms with Crippen molar-refractivity contribution in [2.75, 3.05) is 44.3 Å². The van der Waals surface area contributed by atoms with Crippen molar-refractivity contribution in [3.8, 4) is 0 Å². The van der Waals surface area contributed by atoms with Crippen molar-refractivity contribution >= 4 is 17.9 Å². The molecule has 2 aliphatic heterocycles. The molecule has 0 radical (unpaired) electrons. The SMILES string of the molecule is O=C(NC1CCN(C(=O)c2cnc(N3CCOCC3)nc2)CC1)OCc1ccccc1. The third kappa shape index (κ3) is 5.69. The van der Waals surface area contributed by atoms with E-state index >= 15 is 0 Å². The molecule has 0 atom stereocenters. The Labute approximate surface area is 181 Å². The molecule has 0 spiro atoms. The minimum atomic E-state index is -0.430. The summed E-state index contributed by atoms with van der Waals surface area (Å²) in [4.78, 5) is 37.4. The lowest BCUT2D eigenvalue weighted by Crippen LogP contribution is -2.46. The molecule has 0 saturated carbocycles. The summed E-state index contributed by atoms with van der Waals surface area (Å²) in [6.45, 7) is 4.19. The number of morpholine rings is 1. The van der Waals surface area contributed by atoms with Crippen molar-refractivity contribution in [1.82, 2.24) is 20.2 Å². The summed E-state index contributed by atoms with van der Waals surface area (Å²) < 4.78 is 10.6. The lowest BCUT2D eigenvalue weighted by atomic mass is 10.0. The van der Waals surface area contributed by atoms with Crippen molar-refractivity contribution in [1.29, 1.82) is 0 Å². The Morgan fingerprint density at radius 2 is 1.71 bits per heavy atom. The number of piperidine rings is 1. The maximum Gasteiger partial charge on any atom is 0.407 e. The topological polar surface area (TPSA) is 96.9 Å². The van der Waals surface area contributed by atoms with Gasteiger partial charge in [-0.15, -0.1) is 0 Å². The molecule has 0 aliphatic carbocycles. The van der Waals surface area contributed by atoms with E-state index in [1.165, 1.54) is 0 Å². The first-order valence-electron chi connectivity index (χ1n) is 10.6. The van der Waals surface area contributed by atoms with Gasteiger partial charge in [-0.1, -0.05) is 30.3 Å². The van der Waals surface area contributed by atoms with E-state index in [-0.39, 0.29) is 18.6 Å². The minimum Gasteiger partial charge on any atom is -0.445 e. The predicted octanol–water partition coefficient (Wildman–Crippen LogP) is 1.84. The summed E-state index contributed by atoms with van der Waals surface area (Å²) in [5, 5.41) is 2.89. The second-order valence-electron chi connectivity index (χ2n) is 7.64. The Bertz CT molecular complexity index is 863. The monoisotopic (exact) mass is 425 g/mol. The molecule has 9 nitrogen and oxygen atoms in total. The van der Waals surface area contributed by atoms with Crippen LogP contribution in [0.25, 0.3) is 0 Å². The Morgan fingerprint density at radius 3 is 2.39 bits per heavy atom. The van der Waals surface area contributed by atoms with Gasteiger partial charge in [0.2, 0.25) is 5.95 Å². The fourth-order valence-corrected chi connectivity index (χ4v) is 3.70. The van der Waals surface area contributed by atoms with Crippen molar-refractivity contribution < 1.29 is 19.1 Å². The molecule has 2 aliphatic rings. The molecule has 3 heterocycles. The van der Waals surface area contributed by atoms with Gasteiger partial charge in [0.1, 0.15) is 6.61 Å². The molecule has 2 fully saturated rings. The average Bonchev–Trinajstić information content (AvgIpc) is 2.84. The van der Waals surface area contributed by atoms with E-state index in [2.05, 4.69) is 15.3 Å². The number of carbonyl (C=O) groups is 2. The summed E-state index contributed by atoms with van der Waals surface area (Å²) in [6.07, 6.45) is 4.11. The van der Waals surface area contributed by atoms with E-state index in [1.54, 1.807) is 17.3 Å². The largest absolute Gasteiger partial charge is 0.445 e. The molecular weight excluding hydrogens is 398 g/mol. The van der Waals surface area contributed by atoms with Crippen LogP contribution >= 0.6 is 0 Å². The number of carbonyl (C=O) groups excluding carboxylic acids is 2. The number of rotatable bonds is 5. The van der Waals surface area contributed by atoms with E-state index in [4.69, 9.17) is 9.47 Å². The summed E-state index contributed by atoms with van der Waals surface area (Å²) in [6, 6.07) is 9.55. The van der Waals surface area contributed by atoms with Crippen LogP contribution in [-0.2, 0) is 16.1 Å². The summed E-state index contributed by atoms with van der Waals surface area (Å²) in [7, 11) is 0. The van der Waals surface area contributed by atoms with E-state index in [9.17, 15) is 9.59 Å². The van der Waals surface area contributed by atoms with Crippen LogP contribution in [0.15, 0.2) is 42.7 Å². The summed E-state index contributed by atoms with van der Waals surface area (Å²) in [5.74, 6) is 0.537. The van der Waals surface area contributed by atoms with Gasteiger partial charge < -0.3 is 24.6 Å². The van der Waals surface area contributed by atoms with Gasteiger partial charge >= 0.3 is 6.09 Å². The van der Waals surface area contributed by atoms with Gasteiger partial charge in [0.25, 0.3) is 5.91 Å². The summed E-state index contributed by atoms with van der Waals surface area (Å²) in [5.41, 5.74) is 1.42. The fraction of sp³-hybridized carbons (Fsp3) is 0.455. The molecule has 164 valence electrons. The van der Waals surface area contributed by atoms with E-state index < -0.39 is 6.09 Å². The van der Waals surface area contributed by atoms with E-state index in [1.807, 2.05) is 35.2 Å². The number of nitrogens with one attached hydrogen (secondary N) is 1. The molecule has 4 rings (SSSR count). The second-order valence-corrected chi connectivity index (χ2v) is 7.64. The number of benzene rings is 1. The number of likely N-dealkylation sites (tertiary alicyclic amines) is 1. The van der Waals surface area contributed by atoms with Gasteiger partial charge in [0, 0.05) is 44.6 Å². The van der Waals surface area contributed by atoms with Crippen LogP contribution in [0.1, 0.15) is 28.8 Å². The van der Waals surface area contributed by atoms with Crippen LogP contribution in [0.4, 0.5) is 10.7 Å². The number of hydrogen-bond donors (Lipinski definition) is 1. The molecule has 2 aromatic rings. The number of ether oxygens (including phenoxy) is 2. The van der Waals surface area contributed by atoms with Crippen molar-refractivity contribution in [2.45, 2.75) is 25.5 Å². The third-order valence-electron chi connectivity index (χ3n) is 5.50. The first-order valence-corrected chi connectivity index (χ1v) is 10.6. The van der Waals surface area contributed by atoms with Gasteiger partial charge in [-0.25, -0.2) is 14.8 Å². The lowest BCUT2D eigenvalue weighted by molar-refractivity contribution is 0.0700. The van der Waals surface area contributed by atoms with Gasteiger partial charge in [0.15, 0.2) is 0 Å². The number of amides is 2. The second kappa shape index (κ2) is 10.2. The van der Waals surface area contributed by atoms with Gasteiger partial charge in [-0.05, 0) is 18.4 Å². The Morgan fingerprint density at radius 1 is 1.03 bits per heavy atom. The van der Waals surface area contributed by atoms with Crippen molar-refractivity contribution in [3.63, 3.8) is 0 Å². The van der Waals surface area contributed by atoms with Crippen LogP contribution < -0.4 is 10.2 Å². The zero-order valence-corrected chi connectivity index (χ0v) is 17.4. The number of nitrogens with zero attached hydrogens (tertiary/aromatic N) is 4. The quantitative estimate of drug-likeness (QED) is 0.781. The van der Waals surface area contributed by atoms with Gasteiger partial charge in [-0.2, -0.15) is 0 Å². The predicted molar refractivity (Wildman–Crippen MR) is 114 cm³/mol. The standard InChI is InChI=1S/C22H27N5O4/c28-20(18-14-23-21(24-15-18)27-10-12-30-13-11-27)26-8-6-19(7-9-26)25-22(29)31-16-17-4-2-1-3-5-17/h1-5,14-15,19H,6-13,16H2,(H,25,29). The van der Waals surface area contributed by atoms with Gasteiger partial charge in [0.05, 0.1) is 18.8 Å². The van der Waals surface area contributed by atoms with Gasteiger partial charge in [-0.3, -0.25) is 4.79 Å². The van der Waals surface area contributed by atoms with Crippen LogP contribution in [0, 0.1) is 0 Å². The number of aromatic nitrogens is 2. The summed E-state index contributed by atoms with van der Waals surface area (Å²) >= 11 is 0. The van der Waals surface area contributed by atoms with Crippen LogP contribution in [0.2, 0.25) is 0 Å². The molecule has 31 heavy (non-hydrogen) atoms. The van der Waals surface area contributed by atoms with Crippen LogP contribution in [0.5, 0.6) is 0 Å². The smallest absolute Gasteiger partial charge is 0.407 e. The molecule has 1 aromatic heterocycles. The van der Waals surface area contributed by atoms with Crippen LogP contribution in [-0.4, -0.2) is 72.3 Å². The Balaban J connectivity index is 1.21. The van der Waals surface area contributed by atoms with E-state index in [0.29, 0.717) is 50.7 Å². The highest BCUT2D eigenvalue weighted by atomic mass is 16.5. The number of hydrogen-bond acceptors (Lipinski definition) is 7. The van der Waals surface area contributed by atoms with E-state index in [0.717, 1.165) is 18.7 Å². The van der Waals surface area contributed by atoms with Crippen molar-refractivity contribution in [2.24, 2.45) is 0 Å². The molecule has 0 unspecified atom stereocenters. The Kier molecular flexibility index (Phi) is 6.93. The Hall–Kier alpha value is -3.20. The molecular formula is C22H27N5O4. The highest BCUT2D eigenvalue weighted by molar-refractivity contribution is 5.93. The zero-order valence-electron chi connectivity index (χ0n) is 17.4. The maximum atomic E-state index is 12.8. The lowest BCUT2D eigenvalue weighted by Gasteiger charge is -2.32. The normalized spacial score (nSPS) is 17.3. The maximum absolute atomic E-state index is 12.8. The molecule has 2 saturated heterocycles. The third-order valence-corrected chi connectivity index (χ3v) is 5.50. The first-order chi connectivity index (χ1) is 15.2. The number of anilines is 1. The molecule has 0 bridgehead atoms. The minimum absolute atomic E-state index is 0.00716. The molecule has 1 aromatic carbocycles. The molecule has 1 N–H and O–H groups in total. The van der Waals surface area contributed by atoms with Crippen molar-refractivity contribution in [3.05, 3.63) is 53.9 Å². The molecule has 9 heteroatoms. The highest BCUT2D eigenvalue weighted by Crippen LogP contribution is 2.15. The first kappa shape index (κ1) is 21.0. The molecule has 2 amide bonds. The van der Waals surface area contributed by atoms with Crippen LogP contribution in [0.3, 0.4) is 0 Å².